The summed E-state index contributed by atoms with van der Waals surface area (Å²) in [4.78, 5) is 24.2. The van der Waals surface area contributed by atoms with E-state index in [0.717, 1.165) is 6.42 Å². The fraction of sp³-hybridized carbons (Fsp3) is 0.636. The highest BCUT2D eigenvalue weighted by Crippen LogP contribution is 2.48. The first-order valence-corrected chi connectivity index (χ1v) is 6.82. The maximum atomic E-state index is 12.1. The number of carbonyl (C=O) groups is 2. The highest BCUT2D eigenvalue weighted by molar-refractivity contribution is 7.75. The van der Waals surface area contributed by atoms with Crippen LogP contribution in [0.4, 0.5) is 0 Å². The zero-order valence-corrected chi connectivity index (χ0v) is 10.6. The van der Waals surface area contributed by atoms with Crippen molar-refractivity contribution < 1.29 is 22.3 Å². The maximum Gasteiger partial charge on any atom is 0.327 e. The lowest BCUT2D eigenvalue weighted by Gasteiger charge is -2.27. The molecule has 98 valence electrons. The van der Waals surface area contributed by atoms with Gasteiger partial charge in [0.05, 0.1) is 18.9 Å². The third kappa shape index (κ3) is 1.65. The van der Waals surface area contributed by atoms with Gasteiger partial charge in [-0.1, -0.05) is 12.2 Å². The van der Waals surface area contributed by atoms with E-state index in [1.807, 2.05) is 6.08 Å². The Hall–Kier alpha value is -1.05. The van der Waals surface area contributed by atoms with Gasteiger partial charge in [-0.05, 0) is 24.7 Å². The first kappa shape index (κ1) is 12.0. The van der Waals surface area contributed by atoms with Crippen LogP contribution in [0.2, 0.25) is 0 Å². The Balaban J connectivity index is 1.84. The van der Waals surface area contributed by atoms with Gasteiger partial charge in [0.2, 0.25) is 0 Å². The van der Waals surface area contributed by atoms with Crippen molar-refractivity contribution in [2.24, 2.45) is 23.7 Å². The van der Waals surface area contributed by atoms with Crippen LogP contribution in [0.25, 0.3) is 0 Å². The van der Waals surface area contributed by atoms with Crippen LogP contribution < -0.4 is 0 Å². The Labute approximate surface area is 107 Å². The summed E-state index contributed by atoms with van der Waals surface area (Å²) < 4.78 is 20.3. The van der Waals surface area contributed by atoms with Crippen LogP contribution in [0.3, 0.4) is 0 Å². The first-order valence-electron chi connectivity index (χ1n) is 5.82. The normalized spacial score (nSPS) is 39.3. The van der Waals surface area contributed by atoms with Crippen molar-refractivity contribution in [2.75, 3.05) is 7.11 Å². The van der Waals surface area contributed by atoms with Crippen molar-refractivity contribution in [3.8, 4) is 0 Å². The van der Waals surface area contributed by atoms with Gasteiger partial charge in [0, 0.05) is 0 Å². The maximum absolute atomic E-state index is 12.1. The Kier molecular flexibility index (Phi) is 2.84. The molecule has 1 saturated carbocycles. The Bertz CT molecular complexity index is 462. The van der Waals surface area contributed by atoms with Crippen LogP contribution in [-0.2, 0) is 29.4 Å². The van der Waals surface area contributed by atoms with Gasteiger partial charge >= 0.3 is 11.4 Å². The molecule has 18 heavy (non-hydrogen) atoms. The molecule has 2 amide bonds. The molecule has 1 heterocycles. The molecule has 0 aromatic rings. The molecule has 7 heteroatoms. The number of hydroxylamine groups is 2. The van der Waals surface area contributed by atoms with Gasteiger partial charge in [-0.3, -0.25) is 13.8 Å². The molecule has 5 unspecified atom stereocenters. The second kappa shape index (κ2) is 4.25. The quantitative estimate of drug-likeness (QED) is 0.546. The molecule has 3 rings (SSSR count). The number of fused-ring (bicyclic) bond motifs is 4. The lowest BCUT2D eigenvalue weighted by atomic mass is 9.73. The largest absolute Gasteiger partial charge is 0.327 e. The van der Waals surface area contributed by atoms with E-state index in [2.05, 4.69) is 10.3 Å². The summed E-state index contributed by atoms with van der Waals surface area (Å²) in [5.41, 5.74) is 0. The topological polar surface area (TPSA) is 72.9 Å². The second-order valence-corrected chi connectivity index (χ2v) is 5.72. The SMILES string of the molecule is COS(=O)ON1C(=O)C2CC3C=CC(C3)C2C1=O. The van der Waals surface area contributed by atoms with E-state index in [-0.39, 0.29) is 17.8 Å². The Morgan fingerprint density at radius 1 is 1.28 bits per heavy atom. The van der Waals surface area contributed by atoms with Crippen molar-refractivity contribution in [3.63, 3.8) is 0 Å². The first-order chi connectivity index (χ1) is 8.61. The van der Waals surface area contributed by atoms with E-state index in [0.29, 0.717) is 17.4 Å². The molecule has 0 aromatic carbocycles. The van der Waals surface area contributed by atoms with Crippen LogP contribution in [-0.4, -0.2) is 28.2 Å². The zero-order valence-electron chi connectivity index (χ0n) is 9.78. The monoisotopic (exact) mass is 271 g/mol. The standard InChI is InChI=1S/C11H13NO5S/c1-16-18(15)17-12-10(13)8-5-6-2-3-7(4-6)9(8)11(12)14/h2-3,6-9H,4-5H2,1H3. The van der Waals surface area contributed by atoms with Gasteiger partial charge in [-0.2, -0.15) is 4.21 Å². The molecule has 2 fully saturated rings. The summed E-state index contributed by atoms with van der Waals surface area (Å²) in [5, 5.41) is 0.628. The van der Waals surface area contributed by atoms with Gasteiger partial charge in [0.15, 0.2) is 0 Å². The van der Waals surface area contributed by atoms with Gasteiger partial charge in [0.25, 0.3) is 11.8 Å². The molecule has 0 aromatic heterocycles. The molecular weight excluding hydrogens is 258 g/mol. The van der Waals surface area contributed by atoms with E-state index in [9.17, 15) is 13.8 Å². The number of hydrogen-bond donors (Lipinski definition) is 0. The predicted octanol–water partition coefficient (Wildman–Crippen LogP) is 0.340. The molecule has 3 aliphatic rings. The highest BCUT2D eigenvalue weighted by Gasteiger charge is 2.56. The molecule has 0 radical (unpaired) electrons. The highest BCUT2D eigenvalue weighted by atomic mass is 32.2. The Morgan fingerprint density at radius 2 is 2.06 bits per heavy atom. The fourth-order valence-corrected chi connectivity index (χ4v) is 3.52. The molecule has 0 spiro atoms. The molecule has 5 atom stereocenters. The molecule has 2 aliphatic carbocycles. The third-order valence-electron chi connectivity index (χ3n) is 3.93. The van der Waals surface area contributed by atoms with Gasteiger partial charge < -0.3 is 0 Å². The predicted molar refractivity (Wildman–Crippen MR) is 60.4 cm³/mol. The summed E-state index contributed by atoms with van der Waals surface area (Å²) in [6, 6.07) is 0. The van der Waals surface area contributed by atoms with E-state index < -0.39 is 23.2 Å². The van der Waals surface area contributed by atoms with E-state index in [1.54, 1.807) is 0 Å². The number of rotatable bonds is 3. The Morgan fingerprint density at radius 3 is 2.78 bits per heavy atom. The molecule has 0 N–H and O–H groups in total. The number of amides is 2. The number of allylic oxidation sites excluding steroid dienone is 2. The number of hydrogen-bond acceptors (Lipinski definition) is 5. The lowest BCUT2D eigenvalue weighted by molar-refractivity contribution is -0.166. The summed E-state index contributed by atoms with van der Waals surface area (Å²) in [7, 11) is 1.18. The van der Waals surface area contributed by atoms with E-state index in [4.69, 9.17) is 4.28 Å². The molecule has 1 saturated heterocycles. The smallest absolute Gasteiger partial charge is 0.272 e. The van der Waals surface area contributed by atoms with Crippen molar-refractivity contribution in [1.29, 1.82) is 0 Å². The van der Waals surface area contributed by atoms with E-state index in [1.165, 1.54) is 7.11 Å². The summed E-state index contributed by atoms with van der Waals surface area (Å²) in [6.45, 7) is 0. The lowest BCUT2D eigenvalue weighted by Crippen LogP contribution is -2.33. The van der Waals surface area contributed by atoms with Crippen LogP contribution in [0.1, 0.15) is 12.8 Å². The van der Waals surface area contributed by atoms with Crippen molar-refractivity contribution in [1.82, 2.24) is 5.06 Å². The van der Waals surface area contributed by atoms with Gasteiger partial charge in [-0.15, -0.1) is 9.35 Å². The van der Waals surface area contributed by atoms with Crippen molar-refractivity contribution >= 4 is 23.2 Å². The zero-order chi connectivity index (χ0) is 12.9. The van der Waals surface area contributed by atoms with Crippen molar-refractivity contribution in [3.05, 3.63) is 12.2 Å². The second-order valence-electron chi connectivity index (χ2n) is 4.83. The van der Waals surface area contributed by atoms with Crippen LogP contribution in [0, 0.1) is 23.7 Å². The van der Waals surface area contributed by atoms with Crippen LogP contribution >= 0.6 is 0 Å². The molecular formula is C11H13NO5S. The number of imide groups is 1. The fourth-order valence-electron chi connectivity index (χ4n) is 3.19. The van der Waals surface area contributed by atoms with Crippen LogP contribution in [0.5, 0.6) is 0 Å². The number of nitrogens with zero attached hydrogens (tertiary/aromatic N) is 1. The average Bonchev–Trinajstić information content (AvgIpc) is 2.84. The minimum atomic E-state index is -2.11. The van der Waals surface area contributed by atoms with E-state index >= 15 is 0 Å². The number of carbonyl (C=O) groups excluding carboxylic acids is 2. The molecule has 1 aliphatic heterocycles. The molecule has 6 nitrogen and oxygen atoms in total. The minimum Gasteiger partial charge on any atom is -0.272 e. The average molecular weight is 271 g/mol. The summed E-state index contributed by atoms with van der Waals surface area (Å²) in [5.74, 6) is -1.01. The third-order valence-corrected chi connectivity index (χ3v) is 4.47. The van der Waals surface area contributed by atoms with Gasteiger partial charge in [0.1, 0.15) is 0 Å². The molecule has 2 bridgehead atoms. The minimum absolute atomic E-state index is 0.106. The summed E-state index contributed by atoms with van der Waals surface area (Å²) >= 11 is -2.11. The van der Waals surface area contributed by atoms with Crippen LogP contribution in [0.15, 0.2) is 12.2 Å². The summed E-state index contributed by atoms with van der Waals surface area (Å²) in [6.07, 6.45) is 5.68. The van der Waals surface area contributed by atoms with Gasteiger partial charge in [-0.25, -0.2) is 0 Å². The van der Waals surface area contributed by atoms with Crippen molar-refractivity contribution in [2.45, 2.75) is 12.8 Å².